The summed E-state index contributed by atoms with van der Waals surface area (Å²) >= 11 is 0. The van der Waals surface area contributed by atoms with Gasteiger partial charge in [0.2, 0.25) is 5.91 Å². The number of hydrogen-bond acceptors (Lipinski definition) is 2. The predicted octanol–water partition coefficient (Wildman–Crippen LogP) is 2.64. The van der Waals surface area contributed by atoms with E-state index >= 15 is 0 Å². The van der Waals surface area contributed by atoms with Gasteiger partial charge in [0.1, 0.15) is 0 Å². The van der Waals surface area contributed by atoms with E-state index in [0.717, 1.165) is 19.4 Å². The maximum absolute atomic E-state index is 12.3. The quantitative estimate of drug-likeness (QED) is 0.838. The maximum Gasteiger partial charge on any atom is 0.223 e. The predicted molar refractivity (Wildman–Crippen MR) is 76.2 cm³/mol. The topological polar surface area (TPSA) is 46.3 Å². The van der Waals surface area contributed by atoms with Gasteiger partial charge in [0.25, 0.3) is 0 Å². The number of amides is 1. The van der Waals surface area contributed by atoms with Crippen LogP contribution in [-0.2, 0) is 4.79 Å². The van der Waals surface area contributed by atoms with Gasteiger partial charge < -0.3 is 10.6 Å². The molecule has 1 aliphatic rings. The summed E-state index contributed by atoms with van der Waals surface area (Å²) in [6, 6.07) is 0.263. The van der Waals surface area contributed by atoms with Crippen molar-refractivity contribution in [2.24, 2.45) is 23.0 Å². The molecule has 106 valence electrons. The molecule has 0 radical (unpaired) electrons. The lowest BCUT2D eigenvalue weighted by molar-refractivity contribution is -0.133. The third-order valence-electron chi connectivity index (χ3n) is 3.93. The van der Waals surface area contributed by atoms with Gasteiger partial charge in [0.05, 0.1) is 0 Å². The molecule has 3 unspecified atom stereocenters. The molecular weight excluding hydrogens is 224 g/mol. The number of rotatable bonds is 4. The van der Waals surface area contributed by atoms with Crippen molar-refractivity contribution in [3.63, 3.8) is 0 Å². The SMILES string of the molecule is CC(CC(=O)N1CCC(C)C1CN)CC(C)(C)C. The second kappa shape index (κ2) is 6.05. The molecule has 0 aromatic heterocycles. The summed E-state index contributed by atoms with van der Waals surface area (Å²) in [5.41, 5.74) is 6.09. The minimum Gasteiger partial charge on any atom is -0.338 e. The Balaban J connectivity index is 2.50. The van der Waals surface area contributed by atoms with Crippen LogP contribution in [0.25, 0.3) is 0 Å². The second-order valence-electron chi connectivity index (χ2n) is 7.23. The summed E-state index contributed by atoms with van der Waals surface area (Å²) in [7, 11) is 0. The number of nitrogens with two attached hydrogens (primary N) is 1. The van der Waals surface area contributed by atoms with E-state index in [4.69, 9.17) is 5.73 Å². The summed E-state index contributed by atoms with van der Waals surface area (Å²) in [5, 5.41) is 0. The van der Waals surface area contributed by atoms with Gasteiger partial charge in [0, 0.05) is 25.6 Å². The average Bonchev–Trinajstić information content (AvgIpc) is 2.56. The van der Waals surface area contributed by atoms with E-state index in [2.05, 4.69) is 34.6 Å². The van der Waals surface area contributed by atoms with Crippen LogP contribution >= 0.6 is 0 Å². The van der Waals surface area contributed by atoms with Crippen molar-refractivity contribution in [3.05, 3.63) is 0 Å². The Kier molecular flexibility index (Phi) is 5.20. The molecule has 1 saturated heterocycles. The van der Waals surface area contributed by atoms with Gasteiger partial charge in [-0.2, -0.15) is 0 Å². The van der Waals surface area contributed by atoms with Crippen molar-refractivity contribution in [2.75, 3.05) is 13.1 Å². The molecule has 1 fully saturated rings. The number of nitrogens with zero attached hydrogens (tertiary/aromatic N) is 1. The van der Waals surface area contributed by atoms with Crippen molar-refractivity contribution >= 4 is 5.91 Å². The molecule has 1 rings (SSSR count). The van der Waals surface area contributed by atoms with E-state index in [1.807, 2.05) is 4.90 Å². The number of hydrogen-bond donors (Lipinski definition) is 1. The van der Waals surface area contributed by atoms with E-state index in [-0.39, 0.29) is 6.04 Å². The lowest BCUT2D eigenvalue weighted by Crippen LogP contribution is -2.42. The van der Waals surface area contributed by atoms with Gasteiger partial charge >= 0.3 is 0 Å². The lowest BCUT2D eigenvalue weighted by Gasteiger charge is -2.28. The van der Waals surface area contributed by atoms with E-state index < -0.39 is 0 Å². The Morgan fingerprint density at radius 2 is 2.06 bits per heavy atom. The Bertz CT molecular complexity index is 283. The van der Waals surface area contributed by atoms with Crippen molar-refractivity contribution < 1.29 is 4.79 Å². The number of carbonyl (C=O) groups excluding carboxylic acids is 1. The third-order valence-corrected chi connectivity index (χ3v) is 3.93. The largest absolute Gasteiger partial charge is 0.338 e. The van der Waals surface area contributed by atoms with Crippen LogP contribution in [0.1, 0.15) is 53.9 Å². The first-order chi connectivity index (χ1) is 8.24. The highest BCUT2D eigenvalue weighted by molar-refractivity contribution is 5.77. The Labute approximate surface area is 112 Å². The van der Waals surface area contributed by atoms with Gasteiger partial charge in [-0.25, -0.2) is 0 Å². The normalized spacial score (nSPS) is 26.4. The molecule has 2 N–H and O–H groups in total. The highest BCUT2D eigenvalue weighted by Crippen LogP contribution is 2.29. The minimum atomic E-state index is 0.263. The molecule has 0 aliphatic carbocycles. The van der Waals surface area contributed by atoms with E-state index in [9.17, 15) is 4.79 Å². The summed E-state index contributed by atoms with van der Waals surface area (Å²) in [5.74, 6) is 1.30. The molecule has 18 heavy (non-hydrogen) atoms. The number of carbonyl (C=O) groups is 1. The van der Waals surface area contributed by atoms with Crippen LogP contribution in [-0.4, -0.2) is 29.9 Å². The molecule has 0 bridgehead atoms. The summed E-state index contributed by atoms with van der Waals surface area (Å²) in [6.07, 6.45) is 2.86. The summed E-state index contributed by atoms with van der Waals surface area (Å²) < 4.78 is 0. The van der Waals surface area contributed by atoms with Crippen LogP contribution in [0, 0.1) is 17.3 Å². The first-order valence-corrected chi connectivity index (χ1v) is 7.24. The summed E-state index contributed by atoms with van der Waals surface area (Å²) in [4.78, 5) is 14.3. The highest BCUT2D eigenvalue weighted by Gasteiger charge is 2.33. The van der Waals surface area contributed by atoms with Gasteiger partial charge in [-0.1, -0.05) is 34.6 Å². The van der Waals surface area contributed by atoms with Crippen LogP contribution in [0.15, 0.2) is 0 Å². The lowest BCUT2D eigenvalue weighted by atomic mass is 9.84. The molecule has 1 amide bonds. The maximum atomic E-state index is 12.3. The molecule has 3 atom stereocenters. The van der Waals surface area contributed by atoms with Gasteiger partial charge in [0.15, 0.2) is 0 Å². The van der Waals surface area contributed by atoms with Crippen molar-refractivity contribution in [1.29, 1.82) is 0 Å². The van der Waals surface area contributed by atoms with E-state index in [1.165, 1.54) is 0 Å². The first kappa shape index (κ1) is 15.5. The fourth-order valence-corrected chi connectivity index (χ4v) is 3.21. The monoisotopic (exact) mass is 254 g/mol. The molecule has 0 aromatic rings. The average molecular weight is 254 g/mol. The standard InChI is InChI=1S/C15H30N2O/c1-11(9-15(3,4)5)8-14(18)17-7-6-12(2)13(17)10-16/h11-13H,6-10,16H2,1-5H3. The minimum absolute atomic E-state index is 0.263. The molecule has 0 spiro atoms. The Hall–Kier alpha value is -0.570. The number of likely N-dealkylation sites (tertiary alicyclic amines) is 1. The fraction of sp³-hybridized carbons (Fsp3) is 0.933. The molecule has 0 saturated carbocycles. The van der Waals surface area contributed by atoms with Crippen LogP contribution < -0.4 is 5.73 Å². The van der Waals surface area contributed by atoms with Crippen LogP contribution in [0.3, 0.4) is 0 Å². The smallest absolute Gasteiger partial charge is 0.223 e. The zero-order chi connectivity index (χ0) is 13.9. The van der Waals surface area contributed by atoms with E-state index in [0.29, 0.717) is 36.1 Å². The first-order valence-electron chi connectivity index (χ1n) is 7.24. The van der Waals surface area contributed by atoms with Crippen molar-refractivity contribution in [1.82, 2.24) is 4.90 Å². The molecule has 1 heterocycles. The zero-order valence-corrected chi connectivity index (χ0v) is 12.7. The van der Waals surface area contributed by atoms with Crippen LogP contribution in [0.2, 0.25) is 0 Å². The van der Waals surface area contributed by atoms with E-state index in [1.54, 1.807) is 0 Å². The Morgan fingerprint density at radius 3 is 2.56 bits per heavy atom. The third kappa shape index (κ3) is 4.27. The molecular formula is C15H30N2O. The van der Waals surface area contributed by atoms with Gasteiger partial charge in [-0.15, -0.1) is 0 Å². The van der Waals surface area contributed by atoms with Crippen molar-refractivity contribution in [3.8, 4) is 0 Å². The van der Waals surface area contributed by atoms with Crippen LogP contribution in [0.5, 0.6) is 0 Å². The van der Waals surface area contributed by atoms with Crippen molar-refractivity contribution in [2.45, 2.75) is 59.9 Å². The zero-order valence-electron chi connectivity index (χ0n) is 12.7. The molecule has 3 heteroatoms. The summed E-state index contributed by atoms with van der Waals surface area (Å²) in [6.45, 7) is 12.6. The van der Waals surface area contributed by atoms with Gasteiger partial charge in [-0.3, -0.25) is 4.79 Å². The second-order valence-corrected chi connectivity index (χ2v) is 7.23. The molecule has 3 nitrogen and oxygen atoms in total. The Morgan fingerprint density at radius 1 is 1.44 bits per heavy atom. The van der Waals surface area contributed by atoms with Crippen LogP contribution in [0.4, 0.5) is 0 Å². The fourth-order valence-electron chi connectivity index (χ4n) is 3.21. The highest BCUT2D eigenvalue weighted by atomic mass is 16.2. The molecule has 0 aromatic carbocycles. The van der Waals surface area contributed by atoms with Gasteiger partial charge in [-0.05, 0) is 30.1 Å². The molecule has 1 aliphatic heterocycles.